The molecule has 23 heavy (non-hydrogen) atoms. The maximum absolute atomic E-state index is 11.8. The fourth-order valence-corrected chi connectivity index (χ4v) is 3.09. The van der Waals surface area contributed by atoms with Gasteiger partial charge in [0.15, 0.2) is 0 Å². The van der Waals surface area contributed by atoms with Gasteiger partial charge in [0, 0.05) is 13.5 Å². The van der Waals surface area contributed by atoms with E-state index in [-0.39, 0.29) is 24.9 Å². The Morgan fingerprint density at radius 2 is 1.83 bits per heavy atom. The van der Waals surface area contributed by atoms with Crippen molar-refractivity contribution in [2.75, 3.05) is 6.54 Å². The number of aliphatic carboxylic acids is 1. The van der Waals surface area contributed by atoms with Gasteiger partial charge in [-0.05, 0) is 31.1 Å². The van der Waals surface area contributed by atoms with Crippen molar-refractivity contribution in [1.29, 1.82) is 0 Å². The van der Waals surface area contributed by atoms with Gasteiger partial charge in [-0.2, -0.15) is 0 Å². The summed E-state index contributed by atoms with van der Waals surface area (Å²) in [4.78, 5) is 34.4. The lowest BCUT2D eigenvalue weighted by molar-refractivity contribution is -0.166. The third-order valence-electron chi connectivity index (χ3n) is 4.51. The largest absolute Gasteiger partial charge is 0.481 e. The van der Waals surface area contributed by atoms with Crippen LogP contribution in [0.1, 0.15) is 58.3 Å². The molecule has 1 atom stereocenters. The third-order valence-corrected chi connectivity index (χ3v) is 4.51. The van der Waals surface area contributed by atoms with Gasteiger partial charge in [0.2, 0.25) is 6.29 Å². The summed E-state index contributed by atoms with van der Waals surface area (Å²) in [5.41, 5.74) is -0.406. The lowest BCUT2D eigenvalue weighted by Crippen LogP contribution is -2.41. The molecule has 7 heteroatoms. The van der Waals surface area contributed by atoms with Gasteiger partial charge >= 0.3 is 18.0 Å². The van der Waals surface area contributed by atoms with Crippen LogP contribution < -0.4 is 5.32 Å². The molecular weight excluding hydrogens is 302 g/mol. The number of hydrogen-bond donors (Lipinski definition) is 2. The maximum Gasteiger partial charge on any atom is 0.410 e. The van der Waals surface area contributed by atoms with Crippen molar-refractivity contribution in [1.82, 2.24) is 5.32 Å². The smallest absolute Gasteiger partial charge is 0.410 e. The Bertz CT molecular complexity index is 453. The summed E-state index contributed by atoms with van der Waals surface area (Å²) in [6.07, 6.45) is 4.68. The summed E-state index contributed by atoms with van der Waals surface area (Å²) in [6.45, 7) is 1.76. The van der Waals surface area contributed by atoms with Gasteiger partial charge in [0.1, 0.15) is 0 Å². The highest BCUT2D eigenvalue weighted by molar-refractivity contribution is 5.75. The molecule has 7 nitrogen and oxygen atoms in total. The molecule has 2 saturated carbocycles. The first-order chi connectivity index (χ1) is 10.9. The van der Waals surface area contributed by atoms with E-state index >= 15 is 0 Å². The quantitative estimate of drug-likeness (QED) is 0.550. The van der Waals surface area contributed by atoms with E-state index < -0.39 is 23.8 Å². The van der Waals surface area contributed by atoms with E-state index in [9.17, 15) is 14.4 Å². The topological polar surface area (TPSA) is 102 Å². The van der Waals surface area contributed by atoms with Crippen LogP contribution in [0.3, 0.4) is 0 Å². The zero-order chi connectivity index (χ0) is 16.9. The highest BCUT2D eigenvalue weighted by atomic mass is 16.7. The second-order valence-corrected chi connectivity index (χ2v) is 6.67. The lowest BCUT2D eigenvalue weighted by Gasteiger charge is -2.36. The fraction of sp³-hybridized carbons (Fsp3) is 0.812. The number of carbonyl (C=O) groups excluding carboxylic acids is 2. The van der Waals surface area contributed by atoms with Crippen molar-refractivity contribution in [2.24, 2.45) is 11.3 Å². The third kappa shape index (κ3) is 5.73. The average molecular weight is 327 g/mol. The van der Waals surface area contributed by atoms with Crippen molar-refractivity contribution in [3.05, 3.63) is 0 Å². The molecule has 0 aliphatic heterocycles. The van der Waals surface area contributed by atoms with Crippen molar-refractivity contribution in [2.45, 2.75) is 64.6 Å². The predicted molar refractivity (Wildman–Crippen MR) is 80.5 cm³/mol. The number of carboxylic acid groups (broad SMARTS) is 1. The monoisotopic (exact) mass is 327 g/mol. The molecule has 2 aliphatic carbocycles. The van der Waals surface area contributed by atoms with Gasteiger partial charge in [-0.3, -0.25) is 9.59 Å². The van der Waals surface area contributed by atoms with E-state index in [1.165, 1.54) is 6.92 Å². The maximum atomic E-state index is 11.8. The van der Waals surface area contributed by atoms with E-state index in [0.717, 1.165) is 44.9 Å². The number of nitrogens with one attached hydrogen (secondary N) is 1. The summed E-state index contributed by atoms with van der Waals surface area (Å²) >= 11 is 0. The molecule has 0 saturated heterocycles. The standard InChI is InChI=1S/C16H25NO6/c1-11(22-14(20)12-5-6-12)23-15(21)17-10-16(9-13(18)19)7-3-2-4-8-16/h11-12H,2-10H2,1H3,(H,17,21)(H,18,19). The minimum absolute atomic E-state index is 0.0412. The minimum atomic E-state index is -0.940. The van der Waals surface area contributed by atoms with E-state index in [0.29, 0.717) is 0 Å². The number of esters is 1. The van der Waals surface area contributed by atoms with Crippen LogP contribution in [-0.4, -0.2) is 36.0 Å². The zero-order valence-electron chi connectivity index (χ0n) is 13.5. The summed E-state index contributed by atoms with van der Waals surface area (Å²) < 4.78 is 10.0. The van der Waals surface area contributed by atoms with E-state index in [4.69, 9.17) is 14.6 Å². The number of hydrogen-bond acceptors (Lipinski definition) is 5. The molecule has 0 aromatic heterocycles. The number of carboxylic acids is 1. The molecule has 0 aromatic carbocycles. The normalized spacial score (nSPS) is 21.1. The Morgan fingerprint density at radius 1 is 1.17 bits per heavy atom. The Hall–Kier alpha value is -1.79. The summed E-state index contributed by atoms with van der Waals surface area (Å²) in [7, 11) is 0. The molecule has 2 fully saturated rings. The molecule has 0 spiro atoms. The number of ether oxygens (including phenoxy) is 2. The van der Waals surface area contributed by atoms with E-state index in [1.54, 1.807) is 0 Å². The van der Waals surface area contributed by atoms with Gasteiger partial charge in [0.25, 0.3) is 0 Å². The van der Waals surface area contributed by atoms with Crippen molar-refractivity contribution >= 4 is 18.0 Å². The molecule has 2 rings (SSSR count). The van der Waals surface area contributed by atoms with Crippen LogP contribution in [0, 0.1) is 11.3 Å². The Balaban J connectivity index is 1.76. The van der Waals surface area contributed by atoms with Crippen LogP contribution in [0.5, 0.6) is 0 Å². The summed E-state index contributed by atoms with van der Waals surface area (Å²) in [5, 5.41) is 11.7. The summed E-state index contributed by atoms with van der Waals surface area (Å²) in [5.74, 6) is -1.24. The SMILES string of the molecule is CC(OC(=O)NCC1(CC(=O)O)CCCCC1)OC(=O)C1CC1. The molecule has 0 heterocycles. The molecule has 2 aliphatic rings. The van der Waals surface area contributed by atoms with Gasteiger partial charge in [-0.1, -0.05) is 19.3 Å². The van der Waals surface area contributed by atoms with Gasteiger partial charge in [-0.25, -0.2) is 4.79 Å². The van der Waals surface area contributed by atoms with Crippen LogP contribution in [0.4, 0.5) is 4.79 Å². The van der Waals surface area contributed by atoms with Crippen molar-refractivity contribution in [3.8, 4) is 0 Å². The fourth-order valence-electron chi connectivity index (χ4n) is 3.09. The Labute approximate surface area is 135 Å². The highest BCUT2D eigenvalue weighted by Crippen LogP contribution is 2.38. The number of rotatable bonds is 7. The minimum Gasteiger partial charge on any atom is -0.481 e. The summed E-state index contributed by atoms with van der Waals surface area (Å²) in [6, 6.07) is 0. The van der Waals surface area contributed by atoms with Crippen molar-refractivity contribution < 1.29 is 29.0 Å². The van der Waals surface area contributed by atoms with Crippen LogP contribution in [0.2, 0.25) is 0 Å². The van der Waals surface area contributed by atoms with Gasteiger partial charge in [-0.15, -0.1) is 0 Å². The number of alkyl carbamates (subject to hydrolysis) is 1. The first kappa shape index (κ1) is 17.6. The van der Waals surface area contributed by atoms with E-state index in [2.05, 4.69) is 5.32 Å². The van der Waals surface area contributed by atoms with Crippen LogP contribution in [0.25, 0.3) is 0 Å². The highest BCUT2D eigenvalue weighted by Gasteiger charge is 2.35. The first-order valence-corrected chi connectivity index (χ1v) is 8.27. The van der Waals surface area contributed by atoms with E-state index in [1.807, 2.05) is 0 Å². The molecule has 0 bridgehead atoms. The first-order valence-electron chi connectivity index (χ1n) is 8.27. The van der Waals surface area contributed by atoms with Crippen molar-refractivity contribution in [3.63, 3.8) is 0 Å². The average Bonchev–Trinajstić information content (AvgIpc) is 3.30. The molecule has 0 radical (unpaired) electrons. The molecule has 1 unspecified atom stereocenters. The number of amides is 1. The lowest BCUT2D eigenvalue weighted by atomic mass is 9.72. The van der Waals surface area contributed by atoms with Gasteiger partial charge < -0.3 is 19.9 Å². The van der Waals surface area contributed by atoms with Crippen LogP contribution >= 0.6 is 0 Å². The molecule has 2 N–H and O–H groups in total. The molecule has 1 amide bonds. The predicted octanol–water partition coefficient (Wildman–Crippen LogP) is 2.44. The van der Waals surface area contributed by atoms with Gasteiger partial charge in [0.05, 0.1) is 12.3 Å². The molecule has 130 valence electrons. The Kier molecular flexibility index (Phi) is 5.85. The zero-order valence-corrected chi connectivity index (χ0v) is 13.5. The second kappa shape index (κ2) is 7.66. The second-order valence-electron chi connectivity index (χ2n) is 6.67. The molecule has 0 aromatic rings. The van der Waals surface area contributed by atoms with Crippen LogP contribution in [0.15, 0.2) is 0 Å². The molecular formula is C16H25NO6. The number of carbonyl (C=O) groups is 3. The van der Waals surface area contributed by atoms with Crippen LogP contribution in [-0.2, 0) is 19.1 Å². The Morgan fingerprint density at radius 3 is 2.39 bits per heavy atom.